The smallest absolute Gasteiger partial charge is 0.319 e. The van der Waals surface area contributed by atoms with E-state index in [9.17, 15) is 14.0 Å². The number of hydrogen-bond donors (Lipinski definition) is 2. The second kappa shape index (κ2) is 6.70. The van der Waals surface area contributed by atoms with Crippen LogP contribution < -0.4 is 15.5 Å². The number of hydrogen-bond acceptors (Lipinski definition) is 2. The molecule has 1 heterocycles. The van der Waals surface area contributed by atoms with Crippen molar-refractivity contribution in [3.8, 4) is 0 Å². The molecule has 1 aliphatic heterocycles. The molecule has 1 unspecified atom stereocenters. The molecule has 2 aromatic rings. The van der Waals surface area contributed by atoms with Crippen LogP contribution >= 0.6 is 0 Å². The molecule has 0 bridgehead atoms. The van der Waals surface area contributed by atoms with Gasteiger partial charge in [0.25, 0.3) is 0 Å². The number of aryl methyl sites for hydroxylation is 1. The first kappa shape index (κ1) is 16.0. The van der Waals surface area contributed by atoms with E-state index in [-0.39, 0.29) is 18.4 Å². The number of nitrogens with one attached hydrogen (secondary N) is 2. The van der Waals surface area contributed by atoms with Crippen LogP contribution in [0.4, 0.5) is 20.6 Å². The van der Waals surface area contributed by atoms with E-state index in [1.54, 1.807) is 11.0 Å². The van der Waals surface area contributed by atoms with Crippen LogP contribution in [0.2, 0.25) is 0 Å². The molecule has 2 N–H and O–H groups in total. The summed E-state index contributed by atoms with van der Waals surface area (Å²) in [5.41, 5.74) is 2.31. The van der Waals surface area contributed by atoms with Crippen molar-refractivity contribution in [1.29, 1.82) is 0 Å². The number of rotatable bonds is 3. The van der Waals surface area contributed by atoms with Crippen molar-refractivity contribution >= 4 is 23.3 Å². The standard InChI is InChI=1S/C18H18FN3O2/c1-12-5-7-16(8-6-12)22-11-15(10-17(22)23)21-18(24)20-14-4-2-3-13(19)9-14/h2-9,15H,10-11H2,1H3,(H2,20,21,24). The van der Waals surface area contributed by atoms with Gasteiger partial charge in [-0.3, -0.25) is 4.79 Å². The van der Waals surface area contributed by atoms with Crippen molar-refractivity contribution < 1.29 is 14.0 Å². The topological polar surface area (TPSA) is 61.4 Å². The highest BCUT2D eigenvalue weighted by molar-refractivity contribution is 5.97. The minimum absolute atomic E-state index is 0.0325. The summed E-state index contributed by atoms with van der Waals surface area (Å²) in [5.74, 6) is -0.454. The zero-order valence-corrected chi connectivity index (χ0v) is 13.3. The van der Waals surface area contributed by atoms with Gasteiger partial charge in [0, 0.05) is 24.3 Å². The fourth-order valence-corrected chi connectivity index (χ4v) is 2.70. The molecule has 1 saturated heterocycles. The second-order valence-electron chi connectivity index (χ2n) is 5.85. The molecule has 3 amide bonds. The van der Waals surface area contributed by atoms with Gasteiger partial charge in [-0.25, -0.2) is 9.18 Å². The lowest BCUT2D eigenvalue weighted by Gasteiger charge is -2.17. The summed E-state index contributed by atoms with van der Waals surface area (Å²) in [6.07, 6.45) is 0.241. The molecule has 0 saturated carbocycles. The molecule has 2 aromatic carbocycles. The Labute approximate surface area is 139 Å². The lowest BCUT2D eigenvalue weighted by Crippen LogP contribution is -2.39. The minimum Gasteiger partial charge on any atom is -0.333 e. The summed E-state index contributed by atoms with van der Waals surface area (Å²) in [4.78, 5) is 25.8. The van der Waals surface area contributed by atoms with Crippen LogP contribution in [0.3, 0.4) is 0 Å². The van der Waals surface area contributed by atoms with Gasteiger partial charge in [-0.05, 0) is 37.3 Å². The van der Waals surface area contributed by atoms with Gasteiger partial charge in [-0.15, -0.1) is 0 Å². The molecule has 1 atom stereocenters. The Morgan fingerprint density at radius 2 is 1.96 bits per heavy atom. The molecule has 6 heteroatoms. The van der Waals surface area contributed by atoms with Crippen LogP contribution in [0.1, 0.15) is 12.0 Å². The van der Waals surface area contributed by atoms with Crippen LogP contribution in [0, 0.1) is 12.7 Å². The van der Waals surface area contributed by atoms with Crippen LogP contribution in [-0.2, 0) is 4.79 Å². The lowest BCUT2D eigenvalue weighted by atomic mass is 10.2. The van der Waals surface area contributed by atoms with E-state index in [0.29, 0.717) is 12.2 Å². The third-order valence-electron chi connectivity index (χ3n) is 3.89. The number of halogens is 1. The van der Waals surface area contributed by atoms with Crippen LogP contribution in [-0.4, -0.2) is 24.5 Å². The molecule has 0 aromatic heterocycles. The normalized spacial score (nSPS) is 17.0. The molecule has 24 heavy (non-hydrogen) atoms. The maximum atomic E-state index is 13.1. The highest BCUT2D eigenvalue weighted by atomic mass is 19.1. The van der Waals surface area contributed by atoms with E-state index in [1.807, 2.05) is 31.2 Å². The average Bonchev–Trinajstić information content (AvgIpc) is 2.88. The van der Waals surface area contributed by atoms with E-state index in [2.05, 4.69) is 10.6 Å². The maximum Gasteiger partial charge on any atom is 0.319 e. The number of benzene rings is 2. The first-order valence-electron chi connectivity index (χ1n) is 7.71. The second-order valence-corrected chi connectivity index (χ2v) is 5.85. The zero-order chi connectivity index (χ0) is 17.1. The third kappa shape index (κ3) is 3.71. The van der Waals surface area contributed by atoms with Gasteiger partial charge >= 0.3 is 6.03 Å². The summed E-state index contributed by atoms with van der Waals surface area (Å²) in [6, 6.07) is 12.6. The predicted octanol–water partition coefficient (Wildman–Crippen LogP) is 3.06. The van der Waals surface area contributed by atoms with E-state index in [0.717, 1.165) is 11.3 Å². The molecule has 124 valence electrons. The predicted molar refractivity (Wildman–Crippen MR) is 90.5 cm³/mol. The molecule has 0 aliphatic carbocycles. The fourth-order valence-electron chi connectivity index (χ4n) is 2.70. The van der Waals surface area contributed by atoms with Gasteiger partial charge in [0.05, 0.1) is 6.04 Å². The molecule has 1 fully saturated rings. The highest BCUT2D eigenvalue weighted by Gasteiger charge is 2.31. The first-order valence-corrected chi connectivity index (χ1v) is 7.71. The molecular formula is C18H18FN3O2. The third-order valence-corrected chi connectivity index (χ3v) is 3.89. The quantitative estimate of drug-likeness (QED) is 0.910. The Balaban J connectivity index is 1.59. The largest absolute Gasteiger partial charge is 0.333 e. The Hall–Kier alpha value is -2.89. The zero-order valence-electron chi connectivity index (χ0n) is 13.3. The molecule has 0 radical (unpaired) electrons. The monoisotopic (exact) mass is 327 g/mol. The van der Waals surface area contributed by atoms with Gasteiger partial charge in [0.2, 0.25) is 5.91 Å². The number of carbonyl (C=O) groups is 2. The average molecular weight is 327 g/mol. The van der Waals surface area contributed by atoms with Gasteiger partial charge in [-0.2, -0.15) is 0 Å². The van der Waals surface area contributed by atoms with Gasteiger partial charge in [0.1, 0.15) is 5.82 Å². The number of carbonyl (C=O) groups excluding carboxylic acids is 2. The molecule has 1 aliphatic rings. The van der Waals surface area contributed by atoms with Gasteiger partial charge < -0.3 is 15.5 Å². The number of urea groups is 1. The van der Waals surface area contributed by atoms with Crippen LogP contribution in [0.25, 0.3) is 0 Å². The summed E-state index contributed by atoms with van der Waals surface area (Å²) < 4.78 is 13.1. The van der Waals surface area contributed by atoms with E-state index < -0.39 is 11.8 Å². The summed E-state index contributed by atoms with van der Waals surface area (Å²) >= 11 is 0. The van der Waals surface area contributed by atoms with Crippen molar-refractivity contribution in [2.24, 2.45) is 0 Å². The summed E-state index contributed by atoms with van der Waals surface area (Å²) in [5, 5.41) is 5.32. The van der Waals surface area contributed by atoms with Gasteiger partial charge in [0.15, 0.2) is 0 Å². The van der Waals surface area contributed by atoms with Crippen LogP contribution in [0.5, 0.6) is 0 Å². The first-order chi connectivity index (χ1) is 11.5. The maximum absolute atomic E-state index is 13.1. The van der Waals surface area contributed by atoms with Crippen molar-refractivity contribution in [1.82, 2.24) is 5.32 Å². The van der Waals surface area contributed by atoms with Crippen molar-refractivity contribution in [2.75, 3.05) is 16.8 Å². The van der Waals surface area contributed by atoms with Crippen molar-refractivity contribution in [3.05, 3.63) is 59.9 Å². The van der Waals surface area contributed by atoms with Crippen molar-refractivity contribution in [3.63, 3.8) is 0 Å². The lowest BCUT2D eigenvalue weighted by molar-refractivity contribution is -0.117. The summed E-state index contributed by atoms with van der Waals surface area (Å²) in [7, 11) is 0. The molecule has 5 nitrogen and oxygen atoms in total. The Kier molecular flexibility index (Phi) is 4.46. The number of nitrogens with zero attached hydrogens (tertiary/aromatic N) is 1. The summed E-state index contributed by atoms with van der Waals surface area (Å²) in [6.45, 7) is 2.40. The van der Waals surface area contributed by atoms with E-state index in [1.165, 1.54) is 18.2 Å². The Bertz CT molecular complexity index is 761. The van der Waals surface area contributed by atoms with E-state index >= 15 is 0 Å². The number of anilines is 2. The van der Waals surface area contributed by atoms with Gasteiger partial charge in [-0.1, -0.05) is 23.8 Å². The number of amides is 3. The molecular weight excluding hydrogens is 309 g/mol. The Morgan fingerprint density at radius 1 is 1.21 bits per heavy atom. The van der Waals surface area contributed by atoms with Crippen LogP contribution in [0.15, 0.2) is 48.5 Å². The molecule has 3 rings (SSSR count). The minimum atomic E-state index is -0.454. The highest BCUT2D eigenvalue weighted by Crippen LogP contribution is 2.22. The Morgan fingerprint density at radius 3 is 2.67 bits per heavy atom. The van der Waals surface area contributed by atoms with Crippen molar-refractivity contribution in [2.45, 2.75) is 19.4 Å². The van der Waals surface area contributed by atoms with E-state index in [4.69, 9.17) is 0 Å². The molecule has 0 spiro atoms. The fraction of sp³-hybridized carbons (Fsp3) is 0.222. The SMILES string of the molecule is Cc1ccc(N2CC(NC(=O)Nc3cccc(F)c3)CC2=O)cc1.